The highest BCUT2D eigenvalue weighted by Crippen LogP contribution is 2.25. The van der Waals surface area contributed by atoms with E-state index in [9.17, 15) is 4.79 Å². The Morgan fingerprint density at radius 1 is 1.32 bits per heavy atom. The van der Waals surface area contributed by atoms with E-state index in [1.807, 2.05) is 19.9 Å². The minimum atomic E-state index is -0.0963. The van der Waals surface area contributed by atoms with Gasteiger partial charge in [-0.1, -0.05) is 0 Å². The van der Waals surface area contributed by atoms with Crippen LogP contribution in [-0.2, 0) is 11.3 Å². The molecule has 0 aromatic carbocycles. The zero-order valence-corrected chi connectivity index (χ0v) is 11.1. The zero-order chi connectivity index (χ0) is 13.8. The van der Waals surface area contributed by atoms with E-state index in [0.717, 1.165) is 17.1 Å². The Bertz CT molecular complexity index is 573. The summed E-state index contributed by atoms with van der Waals surface area (Å²) in [5, 5.41) is 13.3. The summed E-state index contributed by atoms with van der Waals surface area (Å²) in [6.07, 6.45) is 0. The average molecular weight is 264 g/mol. The number of hydrogen-bond donors (Lipinski definition) is 2. The summed E-state index contributed by atoms with van der Waals surface area (Å²) in [6.45, 7) is 4.25. The van der Waals surface area contributed by atoms with E-state index in [1.54, 1.807) is 7.05 Å². The summed E-state index contributed by atoms with van der Waals surface area (Å²) < 4.78 is 10.9. The van der Waals surface area contributed by atoms with E-state index in [2.05, 4.69) is 20.8 Å². The second-order valence-electron chi connectivity index (χ2n) is 4.10. The van der Waals surface area contributed by atoms with Gasteiger partial charge in [0.15, 0.2) is 0 Å². The first kappa shape index (κ1) is 13.3. The molecule has 0 aliphatic carbocycles. The molecule has 2 rings (SSSR count). The molecule has 0 atom stereocenters. The van der Waals surface area contributed by atoms with Gasteiger partial charge in [-0.05, 0) is 19.9 Å². The molecule has 2 N–H and O–H groups in total. The molecule has 0 bridgehead atoms. The monoisotopic (exact) mass is 264 g/mol. The van der Waals surface area contributed by atoms with Gasteiger partial charge in [0.25, 0.3) is 5.89 Å². The smallest absolute Gasteiger partial charge is 0.251 e. The summed E-state index contributed by atoms with van der Waals surface area (Å²) in [6, 6.07) is 1.85. The molecule has 19 heavy (non-hydrogen) atoms. The van der Waals surface area contributed by atoms with Crippen molar-refractivity contribution in [2.24, 2.45) is 0 Å². The quantitative estimate of drug-likeness (QED) is 0.829. The molecule has 0 spiro atoms. The number of likely N-dealkylation sites (N-methyl/N-ethyl adjacent to an activating group) is 1. The van der Waals surface area contributed by atoms with Crippen molar-refractivity contribution >= 4 is 5.91 Å². The number of nitrogens with zero attached hydrogens (tertiary/aromatic N) is 2. The molecule has 2 heterocycles. The van der Waals surface area contributed by atoms with Crippen molar-refractivity contribution in [1.82, 2.24) is 20.8 Å². The molecule has 7 heteroatoms. The van der Waals surface area contributed by atoms with Gasteiger partial charge in [-0.15, -0.1) is 10.2 Å². The molecule has 0 radical (unpaired) electrons. The van der Waals surface area contributed by atoms with Crippen LogP contribution in [0.1, 0.15) is 17.4 Å². The fourth-order valence-corrected chi connectivity index (χ4v) is 1.65. The van der Waals surface area contributed by atoms with Crippen molar-refractivity contribution in [3.05, 3.63) is 23.5 Å². The summed E-state index contributed by atoms with van der Waals surface area (Å²) in [5.74, 6) is 2.29. The van der Waals surface area contributed by atoms with Crippen LogP contribution >= 0.6 is 0 Å². The first-order valence-electron chi connectivity index (χ1n) is 5.91. The first-order chi connectivity index (χ1) is 9.10. The topological polar surface area (TPSA) is 93.2 Å². The van der Waals surface area contributed by atoms with Crippen LogP contribution in [0.25, 0.3) is 11.5 Å². The number of hydrogen-bond acceptors (Lipinski definition) is 6. The summed E-state index contributed by atoms with van der Waals surface area (Å²) in [5.41, 5.74) is 0.794. The molecule has 102 valence electrons. The molecule has 0 unspecified atom stereocenters. The van der Waals surface area contributed by atoms with Gasteiger partial charge in [-0.3, -0.25) is 10.1 Å². The van der Waals surface area contributed by atoms with Crippen molar-refractivity contribution in [3.63, 3.8) is 0 Å². The van der Waals surface area contributed by atoms with Gasteiger partial charge in [-0.25, -0.2) is 0 Å². The zero-order valence-electron chi connectivity index (χ0n) is 11.1. The largest absolute Gasteiger partial charge is 0.466 e. The number of aryl methyl sites for hydroxylation is 2. The second kappa shape index (κ2) is 5.66. The van der Waals surface area contributed by atoms with Crippen LogP contribution in [0.5, 0.6) is 0 Å². The molecule has 7 nitrogen and oxygen atoms in total. The number of carbonyl (C=O) groups is 1. The van der Waals surface area contributed by atoms with Crippen LogP contribution < -0.4 is 10.6 Å². The van der Waals surface area contributed by atoms with Crippen LogP contribution in [0.2, 0.25) is 0 Å². The third-order valence-corrected chi connectivity index (χ3v) is 2.58. The van der Waals surface area contributed by atoms with Crippen molar-refractivity contribution in [2.75, 3.05) is 13.6 Å². The Labute approximate surface area is 110 Å². The third kappa shape index (κ3) is 3.19. The lowest BCUT2D eigenvalue weighted by molar-refractivity contribution is -0.119. The highest BCUT2D eigenvalue weighted by atomic mass is 16.4. The van der Waals surface area contributed by atoms with Crippen LogP contribution in [0.15, 0.2) is 14.9 Å². The lowest BCUT2D eigenvalue weighted by Gasteiger charge is -1.99. The average Bonchev–Trinajstić information content (AvgIpc) is 2.95. The Morgan fingerprint density at radius 2 is 2.11 bits per heavy atom. The van der Waals surface area contributed by atoms with Gasteiger partial charge in [0.2, 0.25) is 11.8 Å². The first-order valence-corrected chi connectivity index (χ1v) is 5.91. The van der Waals surface area contributed by atoms with Crippen LogP contribution in [-0.4, -0.2) is 29.7 Å². The van der Waals surface area contributed by atoms with E-state index in [1.165, 1.54) is 0 Å². The molecular weight excluding hydrogens is 248 g/mol. The van der Waals surface area contributed by atoms with Crippen molar-refractivity contribution in [1.29, 1.82) is 0 Å². The lowest BCUT2D eigenvalue weighted by atomic mass is 10.2. The van der Waals surface area contributed by atoms with Gasteiger partial charge in [-0.2, -0.15) is 0 Å². The van der Waals surface area contributed by atoms with E-state index >= 15 is 0 Å². The maximum Gasteiger partial charge on any atom is 0.251 e. The number of amides is 1. The summed E-state index contributed by atoms with van der Waals surface area (Å²) in [4.78, 5) is 11.0. The molecule has 0 saturated heterocycles. The van der Waals surface area contributed by atoms with Crippen LogP contribution in [0.4, 0.5) is 0 Å². The number of rotatable bonds is 5. The number of nitrogens with one attached hydrogen (secondary N) is 2. The summed E-state index contributed by atoms with van der Waals surface area (Å²) >= 11 is 0. The highest BCUT2D eigenvalue weighted by Gasteiger charge is 2.14. The minimum absolute atomic E-state index is 0.0963. The Kier molecular flexibility index (Phi) is 3.96. The fourth-order valence-electron chi connectivity index (χ4n) is 1.65. The second-order valence-corrected chi connectivity index (χ2v) is 4.10. The fraction of sp³-hybridized carbons (Fsp3) is 0.417. The predicted molar refractivity (Wildman–Crippen MR) is 67.2 cm³/mol. The molecular formula is C12H16N4O3. The number of carbonyl (C=O) groups excluding carboxylic acids is 1. The number of aromatic nitrogens is 2. The normalized spacial score (nSPS) is 10.7. The van der Waals surface area contributed by atoms with Crippen molar-refractivity contribution in [3.8, 4) is 11.5 Å². The van der Waals surface area contributed by atoms with E-state index < -0.39 is 0 Å². The molecule has 0 aliphatic rings. The van der Waals surface area contributed by atoms with Crippen LogP contribution in [0, 0.1) is 13.8 Å². The summed E-state index contributed by atoms with van der Waals surface area (Å²) in [7, 11) is 1.58. The molecule has 2 aromatic rings. The number of furan rings is 1. The van der Waals surface area contributed by atoms with E-state index in [4.69, 9.17) is 8.83 Å². The third-order valence-electron chi connectivity index (χ3n) is 2.58. The molecule has 0 saturated carbocycles. The van der Waals surface area contributed by atoms with Gasteiger partial charge in [0.05, 0.1) is 18.7 Å². The van der Waals surface area contributed by atoms with Crippen LogP contribution in [0.3, 0.4) is 0 Å². The van der Waals surface area contributed by atoms with E-state index in [0.29, 0.717) is 18.3 Å². The van der Waals surface area contributed by atoms with Crippen molar-refractivity contribution < 1.29 is 13.6 Å². The molecule has 1 amide bonds. The maximum atomic E-state index is 11.0. The SMILES string of the molecule is CNC(=O)CNCc1nnc(-c2cc(C)oc2C)o1. The lowest BCUT2D eigenvalue weighted by Crippen LogP contribution is -2.31. The maximum absolute atomic E-state index is 11.0. The Morgan fingerprint density at radius 3 is 2.74 bits per heavy atom. The standard InChI is InChI=1S/C12H16N4O3/c1-7-4-9(8(2)18-7)12-16-15-11(19-12)6-14-5-10(17)13-3/h4,14H,5-6H2,1-3H3,(H,13,17). The van der Waals surface area contributed by atoms with Gasteiger partial charge < -0.3 is 14.2 Å². The molecule has 0 fully saturated rings. The van der Waals surface area contributed by atoms with E-state index in [-0.39, 0.29) is 12.5 Å². The van der Waals surface area contributed by atoms with Gasteiger partial charge in [0.1, 0.15) is 11.5 Å². The Balaban J connectivity index is 1.99. The van der Waals surface area contributed by atoms with Gasteiger partial charge >= 0.3 is 0 Å². The minimum Gasteiger partial charge on any atom is -0.466 e. The molecule has 0 aliphatic heterocycles. The van der Waals surface area contributed by atoms with Gasteiger partial charge in [0, 0.05) is 7.05 Å². The Hall–Kier alpha value is -2.15. The highest BCUT2D eigenvalue weighted by molar-refractivity contribution is 5.77. The predicted octanol–water partition coefficient (Wildman–Crippen LogP) is 0.782. The molecule has 2 aromatic heterocycles. The van der Waals surface area contributed by atoms with Crippen molar-refractivity contribution in [2.45, 2.75) is 20.4 Å².